The molecule has 5 rings (SSSR count). The van der Waals surface area contributed by atoms with Crippen molar-refractivity contribution in [1.29, 1.82) is 0 Å². The van der Waals surface area contributed by atoms with E-state index in [0.717, 1.165) is 17.1 Å². The van der Waals surface area contributed by atoms with Crippen LogP contribution in [0.25, 0.3) is 28.0 Å². The number of carbonyl (C=O) groups excluding carboxylic acids is 1. The molecule has 1 unspecified atom stereocenters. The Morgan fingerprint density at radius 3 is 2.70 bits per heavy atom. The van der Waals surface area contributed by atoms with Crippen molar-refractivity contribution in [2.24, 2.45) is 0 Å². The molecule has 4 aromatic rings. The van der Waals surface area contributed by atoms with Gasteiger partial charge in [0.15, 0.2) is 5.82 Å². The minimum Gasteiger partial charge on any atom is -0.348 e. The van der Waals surface area contributed by atoms with Crippen LogP contribution in [0.5, 0.6) is 0 Å². The van der Waals surface area contributed by atoms with Crippen LogP contribution in [0.4, 0.5) is 4.39 Å². The van der Waals surface area contributed by atoms with E-state index in [1.54, 1.807) is 28.9 Å². The molecule has 0 aliphatic carbocycles. The fourth-order valence-corrected chi connectivity index (χ4v) is 5.93. The molecule has 2 aromatic carbocycles. The summed E-state index contributed by atoms with van der Waals surface area (Å²) in [5.41, 5.74) is 2.32. The summed E-state index contributed by atoms with van der Waals surface area (Å²) in [5, 5.41) is 8.85. The van der Waals surface area contributed by atoms with Crippen LogP contribution in [0, 0.1) is 5.82 Å². The number of hydrogen-bond donors (Lipinski definition) is 3. The molecule has 1 aliphatic rings. The van der Waals surface area contributed by atoms with Gasteiger partial charge < -0.3 is 5.32 Å². The fraction of sp³-hybridized carbons (Fsp3) is 0.174. The average Bonchev–Trinajstić information content (AvgIpc) is 3.33. The van der Waals surface area contributed by atoms with Gasteiger partial charge in [0.1, 0.15) is 11.5 Å². The molecule has 2 aromatic heterocycles. The topological polar surface area (TPSA) is 100 Å². The van der Waals surface area contributed by atoms with Gasteiger partial charge in [-0.3, -0.25) is 13.9 Å². The van der Waals surface area contributed by atoms with Gasteiger partial charge in [0.2, 0.25) is 0 Å². The lowest BCUT2D eigenvalue weighted by Gasteiger charge is -2.26. The predicted octanol–water partition coefficient (Wildman–Crippen LogP) is 5.13. The summed E-state index contributed by atoms with van der Waals surface area (Å²) in [6, 6.07) is 15.0. The lowest BCUT2D eigenvalue weighted by molar-refractivity contribution is 0.0941. The molecule has 1 atom stereocenters. The smallest absolute Gasteiger partial charge is 0.251 e. The Bertz CT molecular complexity index is 1360. The van der Waals surface area contributed by atoms with E-state index >= 15 is 0 Å². The van der Waals surface area contributed by atoms with Gasteiger partial charge >= 0.3 is 0 Å². The van der Waals surface area contributed by atoms with Gasteiger partial charge in [-0.15, -0.1) is 0 Å². The summed E-state index contributed by atoms with van der Waals surface area (Å²) in [6.45, 7) is 0. The van der Waals surface area contributed by atoms with E-state index in [1.165, 1.54) is 12.1 Å². The zero-order chi connectivity index (χ0) is 23.2. The van der Waals surface area contributed by atoms with Gasteiger partial charge in [-0.25, -0.2) is 14.1 Å². The number of carbonyl (C=O) groups is 1. The van der Waals surface area contributed by atoms with Crippen LogP contribution < -0.4 is 5.32 Å². The number of fused-ring (bicyclic) bond motifs is 1. The first-order valence-electron chi connectivity index (χ1n) is 10.2. The molecule has 0 bridgehead atoms. The summed E-state index contributed by atoms with van der Waals surface area (Å²) in [6.07, 6.45) is 1.62. The molecule has 33 heavy (non-hydrogen) atoms. The third kappa shape index (κ3) is 4.32. The molecule has 10 heteroatoms. The highest BCUT2D eigenvalue weighted by molar-refractivity contribution is 8.24. The van der Waals surface area contributed by atoms with Crippen molar-refractivity contribution in [3.8, 4) is 17.1 Å². The number of amides is 1. The lowest BCUT2D eigenvalue weighted by atomic mass is 10.1. The molecule has 3 heterocycles. The molecule has 1 fully saturated rings. The largest absolute Gasteiger partial charge is 0.348 e. The van der Waals surface area contributed by atoms with E-state index in [9.17, 15) is 18.3 Å². The predicted molar refractivity (Wildman–Crippen MR) is 128 cm³/mol. The van der Waals surface area contributed by atoms with Crippen LogP contribution in [0.1, 0.15) is 16.8 Å². The first-order valence-corrected chi connectivity index (χ1v) is 12.5. The maximum absolute atomic E-state index is 13.5. The van der Waals surface area contributed by atoms with Gasteiger partial charge in [-0.05, 0) is 42.8 Å². The molecule has 0 radical (unpaired) electrons. The molecule has 0 spiro atoms. The van der Waals surface area contributed by atoms with Crippen LogP contribution in [-0.4, -0.2) is 47.3 Å². The quantitative estimate of drug-likeness (QED) is 0.371. The van der Waals surface area contributed by atoms with Crippen molar-refractivity contribution in [2.75, 3.05) is 11.5 Å². The summed E-state index contributed by atoms with van der Waals surface area (Å²) < 4.78 is 34.7. The van der Waals surface area contributed by atoms with Crippen LogP contribution >= 0.6 is 22.2 Å². The zero-order valence-electron chi connectivity index (χ0n) is 17.3. The first kappa shape index (κ1) is 21.8. The highest BCUT2D eigenvalue weighted by Crippen LogP contribution is 2.45. The number of benzene rings is 2. The Balaban J connectivity index is 1.59. The summed E-state index contributed by atoms with van der Waals surface area (Å²) in [5.74, 6) is 0.0558. The van der Waals surface area contributed by atoms with E-state index in [4.69, 9.17) is 16.7 Å². The van der Waals surface area contributed by atoms with E-state index in [2.05, 4.69) is 10.3 Å². The minimum absolute atomic E-state index is 0.162. The number of nitrogens with zero attached hydrogens (tertiary/aromatic N) is 3. The van der Waals surface area contributed by atoms with Crippen molar-refractivity contribution in [1.82, 2.24) is 20.1 Å². The molecule has 1 saturated heterocycles. The highest BCUT2D eigenvalue weighted by atomic mass is 35.5. The Kier molecular flexibility index (Phi) is 5.57. The first-order chi connectivity index (χ1) is 15.8. The number of aromatic nitrogens is 3. The second-order valence-corrected chi connectivity index (χ2v) is 10.7. The van der Waals surface area contributed by atoms with Crippen molar-refractivity contribution >= 4 is 39.0 Å². The SMILES string of the molecule is O=C(NC1CCS(O)(O)C1)c1ccc2c(-c3ccccc3Cl)nn(-c3ccc(F)cn3)c2c1. The second-order valence-electron chi connectivity index (χ2n) is 7.94. The Hall–Kier alpha value is -2.98. The van der Waals surface area contributed by atoms with Crippen LogP contribution in [-0.2, 0) is 0 Å². The number of halogens is 2. The number of hydrogen-bond acceptors (Lipinski definition) is 5. The van der Waals surface area contributed by atoms with E-state index < -0.39 is 16.4 Å². The standard InChI is InChI=1S/C23H20ClFN4O3S/c24-19-4-2-1-3-17(19)22-18-7-5-14(23(30)27-16-9-10-33(31,32)13-16)11-20(18)29(28-22)21-8-6-15(25)12-26-21/h1-8,11-12,16,31-32H,9-10,13H2,(H,27,30). The minimum atomic E-state index is -2.62. The molecule has 1 amide bonds. The van der Waals surface area contributed by atoms with E-state index in [0.29, 0.717) is 39.8 Å². The Morgan fingerprint density at radius 2 is 2.00 bits per heavy atom. The number of nitrogens with one attached hydrogen (secondary N) is 1. The Morgan fingerprint density at radius 1 is 1.18 bits per heavy atom. The molecule has 7 nitrogen and oxygen atoms in total. The summed E-state index contributed by atoms with van der Waals surface area (Å²) >= 11 is 6.42. The molecule has 0 saturated carbocycles. The normalized spacial score (nSPS) is 18.4. The molecular weight excluding hydrogens is 467 g/mol. The maximum atomic E-state index is 13.5. The van der Waals surface area contributed by atoms with Gasteiger partial charge in [0, 0.05) is 28.3 Å². The summed E-state index contributed by atoms with van der Waals surface area (Å²) in [4.78, 5) is 17.0. The maximum Gasteiger partial charge on any atom is 0.251 e. The lowest BCUT2D eigenvalue weighted by Crippen LogP contribution is -2.35. The Labute approximate surface area is 195 Å². The molecular formula is C23H20ClFN4O3S. The third-order valence-electron chi connectivity index (χ3n) is 5.60. The van der Waals surface area contributed by atoms with Crippen molar-refractivity contribution in [3.05, 3.63) is 77.2 Å². The van der Waals surface area contributed by atoms with Crippen molar-refractivity contribution < 1.29 is 18.3 Å². The van der Waals surface area contributed by atoms with Crippen molar-refractivity contribution in [3.63, 3.8) is 0 Å². The van der Waals surface area contributed by atoms with E-state index in [-0.39, 0.29) is 17.7 Å². The molecule has 3 N–H and O–H groups in total. The monoisotopic (exact) mass is 486 g/mol. The van der Waals surface area contributed by atoms with Gasteiger partial charge in [0.25, 0.3) is 5.91 Å². The van der Waals surface area contributed by atoms with Crippen molar-refractivity contribution in [2.45, 2.75) is 12.5 Å². The van der Waals surface area contributed by atoms with Crippen LogP contribution in [0.3, 0.4) is 0 Å². The van der Waals surface area contributed by atoms with Gasteiger partial charge in [-0.2, -0.15) is 15.7 Å². The zero-order valence-corrected chi connectivity index (χ0v) is 18.9. The average molecular weight is 487 g/mol. The van der Waals surface area contributed by atoms with E-state index in [1.807, 2.05) is 18.2 Å². The second kappa shape index (κ2) is 8.42. The molecule has 1 aliphatic heterocycles. The van der Waals surface area contributed by atoms with Gasteiger partial charge in [0.05, 0.1) is 22.5 Å². The summed E-state index contributed by atoms with van der Waals surface area (Å²) in [7, 11) is -2.62. The fourth-order valence-electron chi connectivity index (χ4n) is 3.98. The van der Waals surface area contributed by atoms with Crippen LogP contribution in [0.2, 0.25) is 5.02 Å². The molecule has 170 valence electrons. The highest BCUT2D eigenvalue weighted by Gasteiger charge is 2.29. The number of rotatable bonds is 4. The van der Waals surface area contributed by atoms with Crippen LogP contribution in [0.15, 0.2) is 60.8 Å². The van der Waals surface area contributed by atoms with Gasteiger partial charge in [-0.1, -0.05) is 29.8 Å². The third-order valence-corrected chi connectivity index (χ3v) is 7.75. The number of pyridine rings is 1.